The fourth-order valence-corrected chi connectivity index (χ4v) is 2.38. The highest BCUT2D eigenvalue weighted by Gasteiger charge is 2.18. The van der Waals surface area contributed by atoms with Crippen LogP contribution in [0.4, 0.5) is 11.4 Å². The van der Waals surface area contributed by atoms with Gasteiger partial charge in [0.2, 0.25) is 0 Å². The maximum atomic E-state index is 12.1. The summed E-state index contributed by atoms with van der Waals surface area (Å²) in [6, 6.07) is 3.30. The maximum absolute atomic E-state index is 12.1. The van der Waals surface area contributed by atoms with Crippen molar-refractivity contribution < 1.29 is 14.3 Å². The third-order valence-electron chi connectivity index (χ3n) is 2.82. The first-order chi connectivity index (χ1) is 9.65. The topological polar surface area (TPSA) is 99.4 Å². The largest absolute Gasteiger partial charge is 0.486 e. The Morgan fingerprint density at radius 2 is 2.05 bits per heavy atom. The molecule has 3 rings (SSSR count). The van der Waals surface area contributed by atoms with E-state index >= 15 is 0 Å². The molecule has 0 fully saturated rings. The summed E-state index contributed by atoms with van der Waals surface area (Å²) in [7, 11) is 0. The number of carbonyl (C=O) groups is 1. The van der Waals surface area contributed by atoms with Crippen molar-refractivity contribution in [3.8, 4) is 11.5 Å². The van der Waals surface area contributed by atoms with Crippen molar-refractivity contribution in [1.82, 2.24) is 9.59 Å². The number of nitrogens with two attached hydrogens (primary N) is 1. The van der Waals surface area contributed by atoms with Gasteiger partial charge in [0.05, 0.1) is 17.1 Å². The number of ether oxygens (including phenoxy) is 2. The van der Waals surface area contributed by atoms with Crippen LogP contribution in [0.25, 0.3) is 0 Å². The molecule has 1 aromatic carbocycles. The van der Waals surface area contributed by atoms with Gasteiger partial charge in [-0.1, -0.05) is 4.49 Å². The van der Waals surface area contributed by atoms with Crippen LogP contribution in [0.2, 0.25) is 0 Å². The summed E-state index contributed by atoms with van der Waals surface area (Å²) in [5.74, 6) is 0.864. The Kier molecular flexibility index (Phi) is 3.15. The molecule has 0 unspecified atom stereocenters. The summed E-state index contributed by atoms with van der Waals surface area (Å²) in [6.45, 7) is 2.69. The number of hydrogen-bond donors (Lipinski definition) is 2. The molecule has 0 atom stereocenters. The molecule has 0 spiro atoms. The number of nitrogens with zero attached hydrogens (tertiary/aromatic N) is 2. The van der Waals surface area contributed by atoms with Crippen molar-refractivity contribution in [3.63, 3.8) is 0 Å². The van der Waals surface area contributed by atoms with Crippen LogP contribution in [-0.2, 0) is 0 Å². The third kappa shape index (κ3) is 2.25. The van der Waals surface area contributed by atoms with E-state index in [1.165, 1.54) is 0 Å². The number of carbonyl (C=O) groups excluding carboxylic acids is 1. The minimum absolute atomic E-state index is 0.291. The molecule has 104 valence electrons. The lowest BCUT2D eigenvalue weighted by molar-refractivity contribution is 0.102. The predicted octanol–water partition coefficient (Wildman–Crippen LogP) is 1.45. The summed E-state index contributed by atoms with van der Waals surface area (Å²) < 4.78 is 14.6. The van der Waals surface area contributed by atoms with Crippen LogP contribution in [0.1, 0.15) is 15.4 Å². The number of rotatable bonds is 2. The lowest BCUT2D eigenvalue weighted by Gasteiger charge is -2.20. The van der Waals surface area contributed by atoms with Crippen LogP contribution in [0.3, 0.4) is 0 Å². The maximum Gasteiger partial charge on any atom is 0.269 e. The molecule has 1 aliphatic heterocycles. The zero-order chi connectivity index (χ0) is 14.1. The molecule has 7 nitrogen and oxygen atoms in total. The van der Waals surface area contributed by atoms with E-state index in [0.29, 0.717) is 46.7 Å². The molecule has 20 heavy (non-hydrogen) atoms. The third-order valence-corrected chi connectivity index (χ3v) is 3.65. The molecular weight excluding hydrogens is 280 g/mol. The monoisotopic (exact) mass is 292 g/mol. The van der Waals surface area contributed by atoms with E-state index in [2.05, 4.69) is 14.9 Å². The van der Waals surface area contributed by atoms with Crippen LogP contribution in [0.5, 0.6) is 11.5 Å². The van der Waals surface area contributed by atoms with Gasteiger partial charge in [0.15, 0.2) is 11.5 Å². The minimum atomic E-state index is -0.291. The van der Waals surface area contributed by atoms with Crippen LogP contribution < -0.4 is 20.5 Å². The van der Waals surface area contributed by atoms with Crippen molar-refractivity contribution in [2.24, 2.45) is 0 Å². The number of anilines is 2. The van der Waals surface area contributed by atoms with Gasteiger partial charge in [-0.25, -0.2) is 0 Å². The van der Waals surface area contributed by atoms with Crippen LogP contribution in [0.15, 0.2) is 12.1 Å². The van der Waals surface area contributed by atoms with E-state index in [1.807, 2.05) is 0 Å². The van der Waals surface area contributed by atoms with Gasteiger partial charge in [-0.05, 0) is 18.5 Å². The number of aryl methyl sites for hydroxylation is 1. The van der Waals surface area contributed by atoms with Crippen LogP contribution in [0, 0.1) is 6.92 Å². The molecule has 0 saturated carbocycles. The Bertz CT molecular complexity index is 671. The van der Waals surface area contributed by atoms with Gasteiger partial charge in [0, 0.05) is 12.1 Å². The second-order valence-electron chi connectivity index (χ2n) is 4.22. The van der Waals surface area contributed by atoms with Crippen molar-refractivity contribution in [3.05, 3.63) is 22.7 Å². The van der Waals surface area contributed by atoms with Crippen molar-refractivity contribution in [2.75, 3.05) is 24.3 Å². The average molecular weight is 292 g/mol. The highest BCUT2D eigenvalue weighted by atomic mass is 32.1. The second kappa shape index (κ2) is 4.97. The van der Waals surface area contributed by atoms with Gasteiger partial charge in [-0.15, -0.1) is 5.10 Å². The van der Waals surface area contributed by atoms with Crippen LogP contribution in [-0.4, -0.2) is 28.7 Å². The molecule has 8 heteroatoms. The van der Waals surface area contributed by atoms with E-state index in [1.54, 1.807) is 19.1 Å². The molecule has 2 aromatic rings. The number of hydrogen-bond acceptors (Lipinski definition) is 7. The highest BCUT2D eigenvalue weighted by Crippen LogP contribution is 2.37. The summed E-state index contributed by atoms with van der Waals surface area (Å²) >= 11 is 1.04. The van der Waals surface area contributed by atoms with Crippen LogP contribution >= 0.6 is 11.5 Å². The minimum Gasteiger partial charge on any atom is -0.486 e. The van der Waals surface area contributed by atoms with Gasteiger partial charge in [-0.3, -0.25) is 4.79 Å². The van der Waals surface area contributed by atoms with E-state index in [-0.39, 0.29) is 5.91 Å². The Morgan fingerprint density at radius 1 is 1.35 bits per heavy atom. The number of benzene rings is 1. The number of amides is 1. The molecule has 1 aromatic heterocycles. The number of fused-ring (bicyclic) bond motifs is 1. The van der Waals surface area contributed by atoms with Gasteiger partial charge in [0.1, 0.15) is 18.1 Å². The molecule has 0 bridgehead atoms. The molecule has 1 aliphatic rings. The molecule has 0 radical (unpaired) electrons. The zero-order valence-corrected chi connectivity index (χ0v) is 11.5. The Labute approximate surface area is 118 Å². The SMILES string of the molecule is Cc1nnsc1C(=O)Nc1cc2c(cc1N)OCCO2. The Balaban J connectivity index is 1.87. The quantitative estimate of drug-likeness (QED) is 0.813. The molecular formula is C12H12N4O3S. The van der Waals surface area contributed by atoms with Gasteiger partial charge in [-0.2, -0.15) is 0 Å². The fourth-order valence-electron chi connectivity index (χ4n) is 1.83. The Morgan fingerprint density at radius 3 is 2.70 bits per heavy atom. The molecule has 2 heterocycles. The summed E-state index contributed by atoms with van der Waals surface area (Å²) in [6.07, 6.45) is 0. The number of nitrogens with one attached hydrogen (secondary N) is 1. The predicted molar refractivity (Wildman–Crippen MR) is 74.4 cm³/mol. The fraction of sp³-hybridized carbons (Fsp3) is 0.250. The summed E-state index contributed by atoms with van der Waals surface area (Å²) in [5.41, 5.74) is 7.39. The molecule has 0 aliphatic carbocycles. The van der Waals surface area contributed by atoms with Gasteiger partial charge >= 0.3 is 0 Å². The number of aromatic nitrogens is 2. The lowest BCUT2D eigenvalue weighted by atomic mass is 10.2. The second-order valence-corrected chi connectivity index (χ2v) is 4.98. The molecule has 1 amide bonds. The first kappa shape index (κ1) is 12.7. The first-order valence-corrected chi connectivity index (χ1v) is 6.72. The van der Waals surface area contributed by atoms with E-state index < -0.39 is 0 Å². The van der Waals surface area contributed by atoms with Crippen molar-refractivity contribution >= 4 is 28.8 Å². The standard InChI is InChI=1S/C12H12N4O3S/c1-6-11(20-16-15-6)12(17)14-8-5-10-9(4-7(8)13)18-2-3-19-10/h4-5H,2-3,13H2,1H3,(H,14,17). The average Bonchev–Trinajstić information content (AvgIpc) is 2.86. The highest BCUT2D eigenvalue weighted by molar-refractivity contribution is 7.08. The van der Waals surface area contributed by atoms with Crippen molar-refractivity contribution in [1.29, 1.82) is 0 Å². The number of nitrogen functional groups attached to an aromatic ring is 1. The Hall–Kier alpha value is -2.35. The molecule has 3 N–H and O–H groups in total. The van der Waals surface area contributed by atoms with Gasteiger partial charge in [0.25, 0.3) is 5.91 Å². The summed E-state index contributed by atoms with van der Waals surface area (Å²) in [4.78, 5) is 12.6. The summed E-state index contributed by atoms with van der Waals surface area (Å²) in [5, 5.41) is 6.54. The van der Waals surface area contributed by atoms with E-state index in [4.69, 9.17) is 15.2 Å². The van der Waals surface area contributed by atoms with E-state index in [0.717, 1.165) is 11.5 Å². The van der Waals surface area contributed by atoms with E-state index in [9.17, 15) is 4.79 Å². The van der Waals surface area contributed by atoms with Crippen molar-refractivity contribution in [2.45, 2.75) is 6.92 Å². The van der Waals surface area contributed by atoms with Gasteiger partial charge < -0.3 is 20.5 Å². The molecule has 0 saturated heterocycles. The normalized spacial score (nSPS) is 13.1. The lowest BCUT2D eigenvalue weighted by Crippen LogP contribution is -2.17. The zero-order valence-electron chi connectivity index (χ0n) is 10.7. The first-order valence-electron chi connectivity index (χ1n) is 5.94. The smallest absolute Gasteiger partial charge is 0.269 e.